The molecule has 0 saturated carbocycles. The van der Waals surface area contributed by atoms with Crippen LogP contribution in [-0.2, 0) is 17.8 Å². The maximum atomic E-state index is 11.7. The van der Waals surface area contributed by atoms with Crippen LogP contribution in [0.15, 0.2) is 35.8 Å². The van der Waals surface area contributed by atoms with E-state index in [0.29, 0.717) is 13.0 Å². The third-order valence-electron chi connectivity index (χ3n) is 2.94. The number of carboxylic acids is 1. The lowest BCUT2D eigenvalue weighted by Crippen LogP contribution is -2.22. The zero-order chi connectivity index (χ0) is 15.1. The Kier molecular flexibility index (Phi) is 5.45. The van der Waals surface area contributed by atoms with Gasteiger partial charge in [-0.2, -0.15) is 0 Å². The highest BCUT2D eigenvalue weighted by Crippen LogP contribution is 2.11. The number of hydrogen-bond acceptors (Lipinski definition) is 4. The van der Waals surface area contributed by atoms with Crippen LogP contribution in [-0.4, -0.2) is 22.0 Å². The first-order valence-corrected chi connectivity index (χ1v) is 7.50. The molecule has 0 spiro atoms. The summed E-state index contributed by atoms with van der Waals surface area (Å²) in [7, 11) is 0. The van der Waals surface area contributed by atoms with Gasteiger partial charge in [-0.25, -0.2) is 9.78 Å². The zero-order valence-electron chi connectivity index (χ0n) is 11.4. The molecule has 0 aliphatic heterocycles. The summed E-state index contributed by atoms with van der Waals surface area (Å²) in [4.78, 5) is 27.5. The molecule has 0 radical (unpaired) electrons. The molecule has 21 heavy (non-hydrogen) atoms. The first kappa shape index (κ1) is 15.2. The van der Waals surface area contributed by atoms with Crippen LogP contribution in [0.4, 0.5) is 0 Å². The summed E-state index contributed by atoms with van der Waals surface area (Å²) in [6.45, 7) is 0.366. The second-order valence-corrected chi connectivity index (χ2v) is 5.60. The second kappa shape index (κ2) is 7.54. The van der Waals surface area contributed by atoms with E-state index in [9.17, 15) is 9.59 Å². The van der Waals surface area contributed by atoms with E-state index in [1.165, 1.54) is 17.1 Å². The van der Waals surface area contributed by atoms with Crippen LogP contribution in [0.5, 0.6) is 0 Å². The summed E-state index contributed by atoms with van der Waals surface area (Å²) in [5.41, 5.74) is 0.785. The van der Waals surface area contributed by atoms with Crippen molar-refractivity contribution >= 4 is 23.2 Å². The molecule has 2 heterocycles. The molecule has 0 unspecified atom stereocenters. The lowest BCUT2D eigenvalue weighted by Gasteiger charge is -2.05. The molecule has 2 rings (SSSR count). The molecule has 2 aromatic heterocycles. The van der Waals surface area contributed by atoms with Gasteiger partial charge < -0.3 is 10.4 Å². The molecular weight excluding hydrogens is 288 g/mol. The minimum Gasteiger partial charge on any atom is -0.477 e. The van der Waals surface area contributed by atoms with Crippen molar-refractivity contribution in [3.63, 3.8) is 0 Å². The van der Waals surface area contributed by atoms with Crippen molar-refractivity contribution in [2.75, 3.05) is 0 Å². The summed E-state index contributed by atoms with van der Waals surface area (Å²) in [6, 6.07) is 7.16. The molecule has 5 nitrogen and oxygen atoms in total. The molecule has 0 saturated heterocycles. The molecule has 0 bridgehead atoms. The van der Waals surface area contributed by atoms with Crippen LogP contribution in [0.25, 0.3) is 0 Å². The van der Waals surface area contributed by atoms with Gasteiger partial charge in [-0.05, 0) is 35.9 Å². The number of hydrogen-bond donors (Lipinski definition) is 2. The molecule has 0 fully saturated rings. The van der Waals surface area contributed by atoms with Crippen LogP contribution < -0.4 is 5.32 Å². The third-order valence-corrected chi connectivity index (χ3v) is 3.88. The fourth-order valence-corrected chi connectivity index (χ4v) is 2.57. The van der Waals surface area contributed by atoms with Crippen molar-refractivity contribution < 1.29 is 14.7 Å². The van der Waals surface area contributed by atoms with E-state index < -0.39 is 5.97 Å². The maximum Gasteiger partial charge on any atom is 0.354 e. The standard InChI is InChI=1S/C15H16N2O3S/c18-14(5-1-3-12-4-2-8-21-12)17-10-11-6-7-13(15(19)20)16-9-11/h2,4,6-9H,1,3,5,10H2,(H,17,18)(H,19,20). The third kappa shape index (κ3) is 5.00. The van der Waals surface area contributed by atoms with Crippen LogP contribution in [0.2, 0.25) is 0 Å². The highest BCUT2D eigenvalue weighted by atomic mass is 32.1. The number of amides is 1. The average Bonchev–Trinajstić information content (AvgIpc) is 2.99. The normalized spacial score (nSPS) is 10.3. The van der Waals surface area contributed by atoms with E-state index in [0.717, 1.165) is 18.4 Å². The predicted octanol–water partition coefficient (Wildman–Crippen LogP) is 2.48. The average molecular weight is 304 g/mol. The molecule has 2 aromatic rings. The predicted molar refractivity (Wildman–Crippen MR) is 80.3 cm³/mol. The Hall–Kier alpha value is -2.21. The van der Waals surface area contributed by atoms with Crippen LogP contribution >= 0.6 is 11.3 Å². The smallest absolute Gasteiger partial charge is 0.354 e. The van der Waals surface area contributed by atoms with Crippen molar-refractivity contribution in [2.24, 2.45) is 0 Å². The van der Waals surface area contributed by atoms with Crippen molar-refractivity contribution in [1.82, 2.24) is 10.3 Å². The quantitative estimate of drug-likeness (QED) is 0.823. The van der Waals surface area contributed by atoms with E-state index in [2.05, 4.69) is 16.4 Å². The van der Waals surface area contributed by atoms with Crippen molar-refractivity contribution in [3.05, 3.63) is 52.0 Å². The molecule has 0 aliphatic rings. The minimum atomic E-state index is -1.06. The first-order valence-electron chi connectivity index (χ1n) is 6.62. The van der Waals surface area contributed by atoms with E-state index in [-0.39, 0.29) is 11.6 Å². The molecule has 1 amide bonds. The van der Waals surface area contributed by atoms with Crippen LogP contribution in [0, 0.1) is 0 Å². The molecule has 0 aromatic carbocycles. The largest absolute Gasteiger partial charge is 0.477 e. The number of thiophene rings is 1. The molecule has 2 N–H and O–H groups in total. The van der Waals surface area contributed by atoms with Gasteiger partial charge in [0.25, 0.3) is 0 Å². The Labute approximate surface area is 126 Å². The Morgan fingerprint density at radius 1 is 1.29 bits per heavy atom. The second-order valence-electron chi connectivity index (χ2n) is 4.57. The van der Waals surface area contributed by atoms with Crippen molar-refractivity contribution in [2.45, 2.75) is 25.8 Å². The molecule has 0 atom stereocenters. The summed E-state index contributed by atoms with van der Waals surface area (Å²) >= 11 is 1.70. The SMILES string of the molecule is O=C(CCCc1cccs1)NCc1ccc(C(=O)O)nc1. The Bertz CT molecular complexity index is 594. The van der Waals surface area contributed by atoms with Gasteiger partial charge >= 0.3 is 5.97 Å². The summed E-state index contributed by atoms with van der Waals surface area (Å²) < 4.78 is 0. The summed E-state index contributed by atoms with van der Waals surface area (Å²) in [5.74, 6) is -1.06. The van der Waals surface area contributed by atoms with Crippen molar-refractivity contribution in [1.29, 1.82) is 0 Å². The number of nitrogens with zero attached hydrogens (tertiary/aromatic N) is 1. The number of aryl methyl sites for hydroxylation is 1. The number of carbonyl (C=O) groups excluding carboxylic acids is 1. The van der Waals surface area contributed by atoms with Gasteiger partial charge in [0.15, 0.2) is 0 Å². The number of nitrogens with one attached hydrogen (secondary N) is 1. The number of aromatic carboxylic acids is 1. The molecule has 0 aliphatic carbocycles. The molecule has 110 valence electrons. The molecular formula is C15H16N2O3S. The summed E-state index contributed by atoms with van der Waals surface area (Å²) in [5, 5.41) is 13.6. The zero-order valence-corrected chi connectivity index (χ0v) is 12.2. The number of pyridine rings is 1. The van der Waals surface area contributed by atoms with E-state index in [4.69, 9.17) is 5.11 Å². The van der Waals surface area contributed by atoms with Crippen LogP contribution in [0.1, 0.15) is 33.8 Å². The Balaban J connectivity index is 1.69. The van der Waals surface area contributed by atoms with E-state index in [1.807, 2.05) is 11.4 Å². The maximum absolute atomic E-state index is 11.7. The highest BCUT2D eigenvalue weighted by Gasteiger charge is 2.05. The lowest BCUT2D eigenvalue weighted by molar-refractivity contribution is -0.121. The Morgan fingerprint density at radius 3 is 2.76 bits per heavy atom. The summed E-state index contributed by atoms with van der Waals surface area (Å²) in [6.07, 6.45) is 3.69. The van der Waals surface area contributed by atoms with Gasteiger partial charge in [0.1, 0.15) is 5.69 Å². The van der Waals surface area contributed by atoms with Crippen molar-refractivity contribution in [3.8, 4) is 0 Å². The fourth-order valence-electron chi connectivity index (χ4n) is 1.82. The van der Waals surface area contributed by atoms with Gasteiger partial charge in [0.2, 0.25) is 5.91 Å². The number of aromatic nitrogens is 1. The van der Waals surface area contributed by atoms with Gasteiger partial charge in [-0.1, -0.05) is 12.1 Å². The van der Waals surface area contributed by atoms with Gasteiger partial charge in [-0.3, -0.25) is 4.79 Å². The Morgan fingerprint density at radius 2 is 2.14 bits per heavy atom. The fraction of sp³-hybridized carbons (Fsp3) is 0.267. The first-order chi connectivity index (χ1) is 10.1. The lowest BCUT2D eigenvalue weighted by atomic mass is 10.2. The van der Waals surface area contributed by atoms with Crippen LogP contribution in [0.3, 0.4) is 0 Å². The topological polar surface area (TPSA) is 79.3 Å². The monoisotopic (exact) mass is 304 g/mol. The van der Waals surface area contributed by atoms with E-state index >= 15 is 0 Å². The minimum absolute atomic E-state index is 0.000948. The number of rotatable bonds is 7. The van der Waals surface area contributed by atoms with Gasteiger partial charge in [0, 0.05) is 24.0 Å². The number of carbonyl (C=O) groups is 2. The van der Waals surface area contributed by atoms with E-state index in [1.54, 1.807) is 17.4 Å². The highest BCUT2D eigenvalue weighted by molar-refractivity contribution is 7.09. The van der Waals surface area contributed by atoms with Gasteiger partial charge in [0.05, 0.1) is 0 Å². The number of carboxylic acid groups (broad SMARTS) is 1. The van der Waals surface area contributed by atoms with Gasteiger partial charge in [-0.15, -0.1) is 11.3 Å². The molecule has 6 heteroatoms.